The van der Waals surface area contributed by atoms with Gasteiger partial charge in [-0.1, -0.05) is 12.1 Å². The van der Waals surface area contributed by atoms with E-state index in [4.69, 9.17) is 4.74 Å². The molecule has 1 aliphatic rings. The number of ether oxygens (including phenoxy) is 1. The van der Waals surface area contributed by atoms with Crippen LogP contribution in [0, 0.1) is 11.7 Å². The summed E-state index contributed by atoms with van der Waals surface area (Å²) in [6.07, 6.45) is 1.68. The number of nitrogens with one attached hydrogen (secondary N) is 1. The van der Waals surface area contributed by atoms with E-state index in [0.717, 1.165) is 37.6 Å². The fourth-order valence-corrected chi connectivity index (χ4v) is 3.79. The SMILES string of the molecule is Fc1ccccc1OCC1CCC(c2ccc(-c3ncc(C(F)(F)F)[nH]3)cn2)CC1. The molecule has 8 heteroatoms. The second-order valence-corrected chi connectivity index (χ2v) is 7.57. The molecule has 0 aliphatic heterocycles. The molecule has 4 nitrogen and oxygen atoms in total. The van der Waals surface area contributed by atoms with E-state index >= 15 is 0 Å². The van der Waals surface area contributed by atoms with Gasteiger partial charge in [0.05, 0.1) is 12.8 Å². The highest BCUT2D eigenvalue weighted by molar-refractivity contribution is 5.54. The molecule has 0 bridgehead atoms. The Labute approximate surface area is 171 Å². The van der Waals surface area contributed by atoms with Crippen LogP contribution in [0.4, 0.5) is 17.6 Å². The molecule has 1 N–H and O–H groups in total. The molecule has 2 aromatic heterocycles. The van der Waals surface area contributed by atoms with Gasteiger partial charge in [-0.3, -0.25) is 4.98 Å². The third-order valence-corrected chi connectivity index (χ3v) is 5.52. The number of halogens is 4. The van der Waals surface area contributed by atoms with Crippen molar-refractivity contribution < 1.29 is 22.3 Å². The van der Waals surface area contributed by atoms with Crippen LogP contribution in [0.2, 0.25) is 0 Å². The Morgan fingerprint density at radius 1 is 0.967 bits per heavy atom. The number of hydrogen-bond donors (Lipinski definition) is 1. The maximum absolute atomic E-state index is 13.6. The fraction of sp³-hybridized carbons (Fsp3) is 0.364. The molecule has 4 rings (SSSR count). The van der Waals surface area contributed by atoms with Crippen molar-refractivity contribution in [2.24, 2.45) is 5.92 Å². The number of pyridine rings is 1. The lowest BCUT2D eigenvalue weighted by Gasteiger charge is -2.28. The number of imidazole rings is 1. The second-order valence-electron chi connectivity index (χ2n) is 7.57. The van der Waals surface area contributed by atoms with Gasteiger partial charge >= 0.3 is 6.18 Å². The highest BCUT2D eigenvalue weighted by Gasteiger charge is 2.33. The van der Waals surface area contributed by atoms with Crippen molar-refractivity contribution >= 4 is 0 Å². The molecule has 1 aliphatic carbocycles. The van der Waals surface area contributed by atoms with Crippen LogP contribution in [0.3, 0.4) is 0 Å². The van der Waals surface area contributed by atoms with E-state index < -0.39 is 11.9 Å². The second kappa shape index (κ2) is 8.45. The van der Waals surface area contributed by atoms with Crippen LogP contribution in [-0.4, -0.2) is 21.6 Å². The molecule has 1 fully saturated rings. The Morgan fingerprint density at radius 2 is 1.73 bits per heavy atom. The number of aromatic nitrogens is 3. The summed E-state index contributed by atoms with van der Waals surface area (Å²) in [5, 5.41) is 0. The largest absolute Gasteiger partial charge is 0.490 e. The van der Waals surface area contributed by atoms with Crippen molar-refractivity contribution in [1.82, 2.24) is 15.0 Å². The molecule has 158 valence electrons. The first-order valence-electron chi connectivity index (χ1n) is 9.86. The fourth-order valence-electron chi connectivity index (χ4n) is 3.79. The molecule has 0 spiro atoms. The quantitative estimate of drug-likeness (QED) is 0.518. The number of hydrogen-bond acceptors (Lipinski definition) is 3. The third-order valence-electron chi connectivity index (χ3n) is 5.52. The van der Waals surface area contributed by atoms with Crippen molar-refractivity contribution in [3.8, 4) is 17.1 Å². The summed E-state index contributed by atoms with van der Waals surface area (Å²) in [6.45, 7) is 0.486. The Balaban J connectivity index is 1.32. The first-order chi connectivity index (χ1) is 14.4. The highest BCUT2D eigenvalue weighted by Crippen LogP contribution is 2.36. The van der Waals surface area contributed by atoms with Gasteiger partial charge in [-0.05, 0) is 55.9 Å². The van der Waals surface area contributed by atoms with Crippen molar-refractivity contribution in [2.75, 3.05) is 6.61 Å². The predicted octanol–water partition coefficient (Wildman–Crippen LogP) is 5.98. The zero-order valence-electron chi connectivity index (χ0n) is 16.1. The van der Waals surface area contributed by atoms with E-state index in [2.05, 4.69) is 15.0 Å². The molecule has 30 heavy (non-hydrogen) atoms. The van der Waals surface area contributed by atoms with Gasteiger partial charge in [0.2, 0.25) is 0 Å². The van der Waals surface area contributed by atoms with Crippen molar-refractivity contribution in [3.05, 3.63) is 66.0 Å². The topological polar surface area (TPSA) is 50.8 Å². The zero-order chi connectivity index (χ0) is 21.1. The van der Waals surface area contributed by atoms with E-state index in [1.165, 1.54) is 6.07 Å². The summed E-state index contributed by atoms with van der Waals surface area (Å²) in [7, 11) is 0. The van der Waals surface area contributed by atoms with E-state index in [9.17, 15) is 17.6 Å². The average Bonchev–Trinajstić information content (AvgIpc) is 3.25. The standard InChI is InChI=1S/C22H21F4N3O/c23-17-3-1-2-4-19(17)30-13-14-5-7-15(8-6-14)18-10-9-16(11-27-18)21-28-12-20(29-21)22(24,25)26/h1-4,9-12,14-15H,5-8,13H2,(H,28,29). The van der Waals surface area contributed by atoms with Crippen LogP contribution in [0.25, 0.3) is 11.4 Å². The average molecular weight is 419 g/mol. The van der Waals surface area contributed by atoms with Crippen molar-refractivity contribution in [3.63, 3.8) is 0 Å². The molecule has 2 heterocycles. The van der Waals surface area contributed by atoms with Crippen LogP contribution < -0.4 is 4.74 Å². The highest BCUT2D eigenvalue weighted by atomic mass is 19.4. The van der Waals surface area contributed by atoms with Gasteiger partial charge in [0, 0.05) is 23.4 Å². The van der Waals surface area contributed by atoms with Gasteiger partial charge in [0.15, 0.2) is 11.6 Å². The van der Waals surface area contributed by atoms with Gasteiger partial charge in [0.1, 0.15) is 11.5 Å². The normalized spacial score (nSPS) is 19.6. The maximum Gasteiger partial charge on any atom is 0.432 e. The first kappa shape index (κ1) is 20.4. The summed E-state index contributed by atoms with van der Waals surface area (Å²) in [6, 6.07) is 9.99. The smallest absolute Gasteiger partial charge is 0.432 e. The first-order valence-corrected chi connectivity index (χ1v) is 9.86. The number of benzene rings is 1. The predicted molar refractivity (Wildman–Crippen MR) is 103 cm³/mol. The van der Waals surface area contributed by atoms with Gasteiger partial charge in [-0.15, -0.1) is 0 Å². The molecule has 3 aromatic rings. The Bertz CT molecular complexity index is 977. The van der Waals surface area contributed by atoms with Gasteiger partial charge in [-0.25, -0.2) is 9.37 Å². The van der Waals surface area contributed by atoms with Gasteiger partial charge in [-0.2, -0.15) is 13.2 Å². The number of nitrogens with zero attached hydrogens (tertiary/aromatic N) is 2. The van der Waals surface area contributed by atoms with E-state index in [1.807, 2.05) is 6.07 Å². The van der Waals surface area contributed by atoms with Crippen LogP contribution >= 0.6 is 0 Å². The van der Waals surface area contributed by atoms with Gasteiger partial charge in [0.25, 0.3) is 0 Å². The molecular weight excluding hydrogens is 398 g/mol. The molecule has 0 atom stereocenters. The number of H-pyrrole nitrogens is 1. The minimum absolute atomic E-state index is 0.148. The van der Waals surface area contributed by atoms with Crippen LogP contribution in [0.15, 0.2) is 48.8 Å². The van der Waals surface area contributed by atoms with E-state index in [0.29, 0.717) is 24.0 Å². The molecule has 0 unspecified atom stereocenters. The summed E-state index contributed by atoms with van der Waals surface area (Å²) < 4.78 is 57.4. The lowest BCUT2D eigenvalue weighted by molar-refractivity contribution is -0.140. The molecule has 1 saturated carbocycles. The van der Waals surface area contributed by atoms with Crippen molar-refractivity contribution in [2.45, 2.75) is 37.8 Å². The minimum atomic E-state index is -4.45. The lowest BCUT2D eigenvalue weighted by atomic mass is 9.80. The monoisotopic (exact) mass is 419 g/mol. The molecule has 0 radical (unpaired) electrons. The Morgan fingerprint density at radius 3 is 2.37 bits per heavy atom. The Hall–Kier alpha value is -2.90. The van der Waals surface area contributed by atoms with E-state index in [-0.39, 0.29) is 17.4 Å². The summed E-state index contributed by atoms with van der Waals surface area (Å²) in [4.78, 5) is 10.5. The van der Waals surface area contributed by atoms with Crippen molar-refractivity contribution in [1.29, 1.82) is 0 Å². The number of aromatic amines is 1. The number of rotatable bonds is 5. The molecular formula is C22H21F4N3O. The Kier molecular flexibility index (Phi) is 5.74. The maximum atomic E-state index is 13.6. The zero-order valence-corrected chi connectivity index (χ0v) is 16.1. The number of alkyl halides is 3. The summed E-state index contributed by atoms with van der Waals surface area (Å²) in [5.41, 5.74) is 0.563. The third kappa shape index (κ3) is 4.63. The van der Waals surface area contributed by atoms with Crippen LogP contribution in [0.1, 0.15) is 43.0 Å². The molecule has 0 amide bonds. The van der Waals surface area contributed by atoms with Crippen LogP contribution in [0.5, 0.6) is 5.75 Å². The van der Waals surface area contributed by atoms with E-state index in [1.54, 1.807) is 30.5 Å². The van der Waals surface area contributed by atoms with Crippen LogP contribution in [-0.2, 0) is 6.18 Å². The van der Waals surface area contributed by atoms with Gasteiger partial charge < -0.3 is 9.72 Å². The summed E-state index contributed by atoms with van der Waals surface area (Å²) >= 11 is 0. The summed E-state index contributed by atoms with van der Waals surface area (Å²) in [5.74, 6) is 0.739. The minimum Gasteiger partial charge on any atom is -0.490 e. The lowest BCUT2D eigenvalue weighted by Crippen LogP contribution is -2.20. The molecule has 1 aromatic carbocycles. The molecule has 0 saturated heterocycles. The number of para-hydroxylation sites is 1.